The highest BCUT2D eigenvalue weighted by atomic mass is 32.2. The number of phosphoric acid groups is 1. The topological polar surface area (TPSA) is 238 Å². The van der Waals surface area contributed by atoms with Crippen LogP contribution in [0.4, 0.5) is 0 Å². The Balaban J connectivity index is 2.87. The van der Waals surface area contributed by atoms with Gasteiger partial charge in [0.25, 0.3) is 0 Å². The molecule has 55 heavy (non-hydrogen) atoms. The van der Waals surface area contributed by atoms with Crippen molar-refractivity contribution in [2.75, 3.05) is 32.2 Å². The highest BCUT2D eigenvalue weighted by Crippen LogP contribution is 2.42. The van der Waals surface area contributed by atoms with Crippen molar-refractivity contribution in [2.24, 2.45) is 5.92 Å². The van der Waals surface area contributed by atoms with Crippen molar-refractivity contribution in [3.8, 4) is 0 Å². The molecule has 22 heteroatoms. The van der Waals surface area contributed by atoms with Gasteiger partial charge in [0, 0.05) is 27.4 Å². The van der Waals surface area contributed by atoms with Gasteiger partial charge in [-0.05, 0) is 34.1 Å². The number of rotatable bonds is 26. The van der Waals surface area contributed by atoms with Crippen molar-refractivity contribution in [1.82, 2.24) is 13.7 Å². The zero-order valence-corrected chi connectivity index (χ0v) is 36.1. The van der Waals surface area contributed by atoms with Crippen molar-refractivity contribution in [2.45, 2.75) is 128 Å². The van der Waals surface area contributed by atoms with E-state index in [4.69, 9.17) is 33.3 Å². The van der Waals surface area contributed by atoms with Crippen LogP contribution in [0.2, 0.25) is 0 Å². The standard InChI is InChI=1S/C33H56N3O15PS3/c1-21(28(40)33(7,8)50-13-9-32(5,6)51-52(44,45)46)20-55-24(4)19-27(39)49-16-12-36-30(42)34(10-14-47-25(37)17-22(2)53)29(41)35(31(36)43)11-15-48-26(38)18-23(3)54/h21-24,53-54H,9-20H2,1-8H3,(H2,44,45,46). The lowest BCUT2D eigenvalue weighted by atomic mass is 9.94. The quantitative estimate of drug-likeness (QED) is 0.0451. The van der Waals surface area contributed by atoms with E-state index in [0.29, 0.717) is 19.5 Å². The molecule has 4 unspecified atom stereocenters. The van der Waals surface area contributed by atoms with Crippen molar-refractivity contribution in [3.63, 3.8) is 0 Å². The number of carbonyl (C=O) groups is 4. The predicted molar refractivity (Wildman–Crippen MR) is 211 cm³/mol. The van der Waals surface area contributed by atoms with Crippen molar-refractivity contribution in [3.05, 3.63) is 31.5 Å². The van der Waals surface area contributed by atoms with Crippen LogP contribution in [0.25, 0.3) is 0 Å². The summed E-state index contributed by atoms with van der Waals surface area (Å²) in [6.45, 7) is 10.8. The summed E-state index contributed by atoms with van der Waals surface area (Å²) in [6.07, 6.45) is 0.0409. The molecule has 0 amide bonds. The number of Topliss-reactive ketones (excluding diaryl/α,β-unsaturated/α-hetero) is 1. The van der Waals surface area contributed by atoms with Crippen molar-refractivity contribution >= 4 is 68.5 Å². The van der Waals surface area contributed by atoms with Crippen LogP contribution in [0.15, 0.2) is 14.4 Å². The maximum atomic E-state index is 13.3. The number of carbonyl (C=O) groups excluding carboxylic acids is 4. The molecule has 0 aromatic carbocycles. The fourth-order valence-corrected chi connectivity index (χ4v) is 6.99. The van der Waals surface area contributed by atoms with Crippen LogP contribution >= 0.6 is 44.8 Å². The first-order valence-electron chi connectivity index (χ1n) is 17.6. The van der Waals surface area contributed by atoms with E-state index in [1.165, 1.54) is 25.6 Å². The molecule has 1 aromatic rings. The lowest BCUT2D eigenvalue weighted by Gasteiger charge is -2.30. The van der Waals surface area contributed by atoms with Gasteiger partial charge in [0.05, 0.1) is 51.1 Å². The number of hydrogen-bond donors (Lipinski definition) is 4. The molecule has 0 fully saturated rings. The lowest BCUT2D eigenvalue weighted by molar-refractivity contribution is -0.145. The Labute approximate surface area is 335 Å². The van der Waals surface area contributed by atoms with E-state index in [1.807, 2.05) is 0 Å². The number of ether oxygens (including phenoxy) is 4. The summed E-state index contributed by atoms with van der Waals surface area (Å²) < 4.78 is 39.3. The molecule has 4 atom stereocenters. The number of phosphoric ester groups is 1. The third kappa shape index (κ3) is 19.5. The second kappa shape index (κ2) is 23.1. The molecular formula is C33H56N3O15PS3. The Morgan fingerprint density at radius 2 is 1.09 bits per heavy atom. The Hall–Kier alpha value is -2.39. The zero-order chi connectivity index (χ0) is 42.3. The Bertz CT molecular complexity index is 1620. The van der Waals surface area contributed by atoms with Gasteiger partial charge in [0.1, 0.15) is 25.4 Å². The number of nitrogens with zero attached hydrogens (tertiary/aromatic N) is 3. The highest BCUT2D eigenvalue weighted by molar-refractivity contribution is 7.99. The van der Waals surface area contributed by atoms with E-state index in [-0.39, 0.29) is 80.1 Å². The van der Waals surface area contributed by atoms with Gasteiger partial charge in [-0.3, -0.25) is 23.7 Å². The molecule has 0 spiro atoms. The van der Waals surface area contributed by atoms with Crippen LogP contribution in [0, 0.1) is 5.92 Å². The molecule has 0 aliphatic rings. The molecule has 316 valence electrons. The van der Waals surface area contributed by atoms with E-state index in [9.17, 15) is 38.1 Å². The second-order valence-corrected chi connectivity index (χ2v) is 18.5. The predicted octanol–water partition coefficient (Wildman–Crippen LogP) is 2.01. The molecule has 1 aromatic heterocycles. The summed E-state index contributed by atoms with van der Waals surface area (Å²) >= 11 is 9.61. The van der Waals surface area contributed by atoms with E-state index in [1.54, 1.807) is 41.5 Å². The smallest absolute Gasteiger partial charge is 0.464 e. The van der Waals surface area contributed by atoms with Gasteiger partial charge in [0.15, 0.2) is 5.78 Å². The maximum absolute atomic E-state index is 13.3. The molecule has 0 saturated carbocycles. The Kier molecular flexibility index (Phi) is 21.3. The molecule has 18 nitrogen and oxygen atoms in total. The number of thioether (sulfide) groups is 1. The normalized spacial score (nSPS) is 14.5. The largest absolute Gasteiger partial charge is 0.470 e. The highest BCUT2D eigenvalue weighted by Gasteiger charge is 2.35. The first-order valence-corrected chi connectivity index (χ1v) is 21.2. The second-order valence-electron chi connectivity index (χ2n) is 14.1. The van der Waals surface area contributed by atoms with Crippen LogP contribution in [0.3, 0.4) is 0 Å². The summed E-state index contributed by atoms with van der Waals surface area (Å²) in [5.74, 6) is -2.18. The average molecular weight is 862 g/mol. The summed E-state index contributed by atoms with van der Waals surface area (Å²) in [5, 5.41) is -0.853. The van der Waals surface area contributed by atoms with Gasteiger partial charge in [-0.25, -0.2) is 32.6 Å². The third-order valence-corrected chi connectivity index (χ3v) is 10.2. The fraction of sp³-hybridized carbons (Fsp3) is 0.788. The summed E-state index contributed by atoms with van der Waals surface area (Å²) in [6, 6.07) is 0. The van der Waals surface area contributed by atoms with Crippen LogP contribution in [-0.4, -0.2) is 106 Å². The summed E-state index contributed by atoms with van der Waals surface area (Å²) in [5.41, 5.74) is -5.44. The number of esters is 3. The van der Waals surface area contributed by atoms with E-state index in [2.05, 4.69) is 25.3 Å². The van der Waals surface area contributed by atoms with Gasteiger partial charge in [-0.2, -0.15) is 37.0 Å². The minimum Gasteiger partial charge on any atom is -0.464 e. The van der Waals surface area contributed by atoms with Crippen LogP contribution in [0.5, 0.6) is 0 Å². The number of aromatic nitrogens is 3. The van der Waals surface area contributed by atoms with Crippen LogP contribution in [0.1, 0.15) is 81.1 Å². The lowest BCUT2D eigenvalue weighted by Crippen LogP contribution is -2.55. The minimum atomic E-state index is -4.71. The van der Waals surface area contributed by atoms with E-state index in [0.717, 1.165) is 0 Å². The average Bonchev–Trinajstić information content (AvgIpc) is 3.02. The molecule has 1 heterocycles. The Morgan fingerprint density at radius 1 is 0.709 bits per heavy atom. The third-order valence-electron chi connectivity index (χ3n) is 7.70. The van der Waals surface area contributed by atoms with Gasteiger partial charge in [0.2, 0.25) is 0 Å². The molecule has 2 N–H and O–H groups in total. The fourth-order valence-electron chi connectivity index (χ4n) is 4.93. The number of hydrogen-bond acceptors (Lipinski definition) is 16. The summed E-state index contributed by atoms with van der Waals surface area (Å²) in [4.78, 5) is 108. The molecule has 0 aliphatic heterocycles. The van der Waals surface area contributed by atoms with E-state index >= 15 is 0 Å². The van der Waals surface area contributed by atoms with Gasteiger partial charge < -0.3 is 28.7 Å². The molecule has 0 aliphatic carbocycles. The van der Waals surface area contributed by atoms with Crippen LogP contribution < -0.4 is 17.1 Å². The molecule has 0 bridgehead atoms. The summed E-state index contributed by atoms with van der Waals surface area (Å²) in [7, 11) is -4.71. The minimum absolute atomic E-state index is 0.00587. The van der Waals surface area contributed by atoms with Gasteiger partial charge >= 0.3 is 42.8 Å². The number of thiol groups is 2. The van der Waals surface area contributed by atoms with Gasteiger partial charge in [-0.1, -0.05) is 27.7 Å². The first-order chi connectivity index (χ1) is 25.3. The van der Waals surface area contributed by atoms with Crippen molar-refractivity contribution < 1.29 is 57.0 Å². The molecule has 0 saturated heterocycles. The monoisotopic (exact) mass is 861 g/mol. The molecule has 1 rings (SSSR count). The maximum Gasteiger partial charge on any atom is 0.470 e. The molecule has 0 radical (unpaired) electrons. The SMILES string of the molecule is CC(S)CC(=O)OCCn1c(=O)n(CCOC(=O)CC(C)S)c(=O)n(CCOC(=O)CC(C)SCC(C)C(=O)C(C)(C)OCCC(C)(C)OP(=O)(O)O)c1=O. The zero-order valence-electron chi connectivity index (χ0n) is 32.6. The van der Waals surface area contributed by atoms with E-state index < -0.39 is 73.1 Å². The van der Waals surface area contributed by atoms with Gasteiger partial charge in [-0.15, -0.1) is 0 Å². The first kappa shape index (κ1) is 50.6. The Morgan fingerprint density at radius 3 is 1.45 bits per heavy atom. The molecular weight excluding hydrogens is 806 g/mol. The number of ketones is 1. The van der Waals surface area contributed by atoms with Crippen molar-refractivity contribution in [1.29, 1.82) is 0 Å². The van der Waals surface area contributed by atoms with Crippen LogP contribution in [-0.2, 0) is 66.8 Å².